The van der Waals surface area contributed by atoms with E-state index in [1.807, 2.05) is 19.1 Å². The molecule has 1 heterocycles. The maximum absolute atomic E-state index is 6.28. The molecule has 0 spiro atoms. The fourth-order valence-corrected chi connectivity index (χ4v) is 2.81. The molecular weight excluding hydrogens is 279 g/mol. The Kier molecular flexibility index (Phi) is 4.75. The van der Waals surface area contributed by atoms with Crippen LogP contribution in [0.25, 0.3) is 11.0 Å². The maximum Gasteiger partial charge on any atom is 0.127 e. The van der Waals surface area contributed by atoms with E-state index >= 15 is 0 Å². The lowest BCUT2D eigenvalue weighted by atomic mass is 10.0. The molecule has 0 fully saturated rings. The predicted molar refractivity (Wildman–Crippen MR) is 83.1 cm³/mol. The lowest BCUT2D eigenvalue weighted by Gasteiger charge is -2.17. The van der Waals surface area contributed by atoms with E-state index in [4.69, 9.17) is 23.2 Å². The quantitative estimate of drug-likeness (QED) is 0.673. The van der Waals surface area contributed by atoms with E-state index in [9.17, 15) is 0 Å². The van der Waals surface area contributed by atoms with Crippen molar-refractivity contribution in [2.75, 3.05) is 0 Å². The number of para-hydroxylation sites is 1. The highest BCUT2D eigenvalue weighted by Crippen LogP contribution is 2.30. The molecule has 0 saturated carbocycles. The van der Waals surface area contributed by atoms with Crippen molar-refractivity contribution in [3.05, 3.63) is 29.0 Å². The minimum absolute atomic E-state index is 0.113. The van der Waals surface area contributed by atoms with Crippen molar-refractivity contribution >= 4 is 34.2 Å². The molecule has 0 aliphatic rings. The Morgan fingerprint density at radius 1 is 1.26 bits per heavy atom. The third-order valence-corrected chi connectivity index (χ3v) is 4.21. The lowest BCUT2D eigenvalue weighted by Crippen LogP contribution is -2.12. The van der Waals surface area contributed by atoms with Gasteiger partial charge in [-0.25, -0.2) is 4.98 Å². The second kappa shape index (κ2) is 6.15. The van der Waals surface area contributed by atoms with Gasteiger partial charge in [-0.15, -0.1) is 11.6 Å². The summed E-state index contributed by atoms with van der Waals surface area (Å²) in [6, 6.07) is 5.92. The van der Waals surface area contributed by atoms with Crippen LogP contribution in [0, 0.1) is 5.92 Å². The van der Waals surface area contributed by atoms with Crippen LogP contribution in [0.5, 0.6) is 0 Å². The maximum atomic E-state index is 6.28. The Bertz CT molecular complexity index is 557. The molecule has 0 radical (unpaired) electrons. The molecule has 1 aromatic heterocycles. The summed E-state index contributed by atoms with van der Waals surface area (Å²) < 4.78 is 2.23. The third kappa shape index (κ3) is 2.90. The fraction of sp³-hybridized carbons (Fsp3) is 0.533. The van der Waals surface area contributed by atoms with Gasteiger partial charge in [-0.3, -0.25) is 0 Å². The molecule has 0 saturated heterocycles. The Morgan fingerprint density at radius 3 is 2.53 bits per heavy atom. The molecule has 1 unspecified atom stereocenters. The molecule has 2 rings (SSSR count). The van der Waals surface area contributed by atoms with Gasteiger partial charge in [-0.2, -0.15) is 0 Å². The van der Waals surface area contributed by atoms with Crippen molar-refractivity contribution in [2.45, 2.75) is 45.5 Å². The van der Waals surface area contributed by atoms with Crippen molar-refractivity contribution in [3.8, 4) is 0 Å². The smallest absolute Gasteiger partial charge is 0.127 e. The van der Waals surface area contributed by atoms with Gasteiger partial charge in [0.1, 0.15) is 11.3 Å². The Morgan fingerprint density at radius 2 is 1.95 bits per heavy atom. The third-order valence-electron chi connectivity index (χ3n) is 3.71. The predicted octanol–water partition coefficient (Wildman–Crippen LogP) is 5.43. The number of nitrogens with zero attached hydrogens (tertiary/aromatic N) is 2. The normalized spacial score (nSPS) is 13.4. The number of alkyl halides is 1. The fourth-order valence-electron chi connectivity index (χ4n) is 2.43. The van der Waals surface area contributed by atoms with E-state index in [-0.39, 0.29) is 5.38 Å². The molecule has 0 bridgehead atoms. The van der Waals surface area contributed by atoms with Gasteiger partial charge in [0.2, 0.25) is 0 Å². The zero-order chi connectivity index (χ0) is 14.0. The number of rotatable bonds is 5. The van der Waals surface area contributed by atoms with Crippen LogP contribution < -0.4 is 0 Å². The number of benzene rings is 1. The molecule has 19 heavy (non-hydrogen) atoms. The SMILES string of the molecule is CCC(CC)Cn1c(C(C)Cl)nc2c(Cl)cccc21. The number of halogens is 2. The van der Waals surface area contributed by atoms with Gasteiger partial charge < -0.3 is 4.57 Å². The summed E-state index contributed by atoms with van der Waals surface area (Å²) in [7, 11) is 0. The average molecular weight is 299 g/mol. The number of aromatic nitrogens is 2. The summed E-state index contributed by atoms with van der Waals surface area (Å²) in [6.07, 6.45) is 2.32. The molecule has 1 atom stereocenters. The first-order valence-corrected chi connectivity index (χ1v) is 7.68. The minimum Gasteiger partial charge on any atom is -0.326 e. The van der Waals surface area contributed by atoms with Crippen LogP contribution in [0.3, 0.4) is 0 Å². The average Bonchev–Trinajstić information content (AvgIpc) is 2.76. The molecule has 0 aliphatic carbocycles. The zero-order valence-electron chi connectivity index (χ0n) is 11.7. The first kappa shape index (κ1) is 14.7. The van der Waals surface area contributed by atoms with Gasteiger partial charge in [0.05, 0.1) is 15.9 Å². The van der Waals surface area contributed by atoms with Crippen molar-refractivity contribution < 1.29 is 0 Å². The summed E-state index contributed by atoms with van der Waals surface area (Å²) in [5, 5.41) is 0.581. The standard InChI is InChI=1S/C15H20Cl2N2/c1-4-11(5-2)9-19-13-8-6-7-12(17)14(13)18-15(19)10(3)16/h6-8,10-11H,4-5,9H2,1-3H3. The summed E-state index contributed by atoms with van der Waals surface area (Å²) in [5.74, 6) is 1.56. The number of imidazole rings is 1. The van der Waals surface area contributed by atoms with Crippen LogP contribution in [-0.2, 0) is 6.54 Å². The summed E-state index contributed by atoms with van der Waals surface area (Å²) in [4.78, 5) is 4.63. The van der Waals surface area contributed by atoms with Crippen LogP contribution in [0.15, 0.2) is 18.2 Å². The van der Waals surface area contributed by atoms with Crippen LogP contribution in [0.2, 0.25) is 5.02 Å². The van der Waals surface area contributed by atoms with E-state index in [0.717, 1.165) is 36.2 Å². The van der Waals surface area contributed by atoms with Crippen molar-refractivity contribution in [3.63, 3.8) is 0 Å². The molecule has 2 nitrogen and oxygen atoms in total. The first-order valence-electron chi connectivity index (χ1n) is 6.87. The van der Waals surface area contributed by atoms with Gasteiger partial charge >= 0.3 is 0 Å². The molecule has 0 aliphatic heterocycles. The second-order valence-electron chi connectivity index (χ2n) is 4.99. The van der Waals surface area contributed by atoms with E-state index in [2.05, 4.69) is 29.5 Å². The molecule has 2 aromatic rings. The highest BCUT2D eigenvalue weighted by Gasteiger charge is 2.18. The Labute approximate surface area is 124 Å². The van der Waals surface area contributed by atoms with Crippen LogP contribution in [0.4, 0.5) is 0 Å². The first-order chi connectivity index (χ1) is 9.08. The van der Waals surface area contributed by atoms with Gasteiger partial charge in [0, 0.05) is 6.54 Å². The lowest BCUT2D eigenvalue weighted by molar-refractivity contribution is 0.417. The number of fused-ring (bicyclic) bond motifs is 1. The second-order valence-corrected chi connectivity index (χ2v) is 6.05. The molecule has 0 amide bonds. The van der Waals surface area contributed by atoms with Gasteiger partial charge in [-0.1, -0.05) is 44.4 Å². The largest absolute Gasteiger partial charge is 0.326 e. The molecule has 0 N–H and O–H groups in total. The van der Waals surface area contributed by atoms with E-state index in [1.54, 1.807) is 0 Å². The minimum atomic E-state index is -0.113. The number of hydrogen-bond donors (Lipinski definition) is 0. The summed E-state index contributed by atoms with van der Waals surface area (Å²) in [5.41, 5.74) is 1.94. The molecule has 4 heteroatoms. The molecule has 104 valence electrons. The van der Waals surface area contributed by atoms with Gasteiger partial charge in [0.15, 0.2) is 0 Å². The topological polar surface area (TPSA) is 17.8 Å². The van der Waals surface area contributed by atoms with Crippen molar-refractivity contribution in [1.82, 2.24) is 9.55 Å². The Balaban J connectivity index is 2.55. The molecule has 1 aromatic carbocycles. The highest BCUT2D eigenvalue weighted by molar-refractivity contribution is 6.35. The van der Waals surface area contributed by atoms with E-state index < -0.39 is 0 Å². The van der Waals surface area contributed by atoms with Crippen LogP contribution in [0.1, 0.15) is 44.8 Å². The van der Waals surface area contributed by atoms with E-state index in [0.29, 0.717) is 10.9 Å². The van der Waals surface area contributed by atoms with E-state index in [1.165, 1.54) is 0 Å². The monoisotopic (exact) mass is 298 g/mol. The van der Waals surface area contributed by atoms with Gasteiger partial charge in [-0.05, 0) is 25.0 Å². The van der Waals surface area contributed by atoms with Crippen molar-refractivity contribution in [2.24, 2.45) is 5.92 Å². The summed E-state index contributed by atoms with van der Waals surface area (Å²) >= 11 is 12.5. The Hall–Kier alpha value is -0.730. The van der Waals surface area contributed by atoms with Crippen LogP contribution >= 0.6 is 23.2 Å². The number of hydrogen-bond acceptors (Lipinski definition) is 1. The zero-order valence-corrected chi connectivity index (χ0v) is 13.2. The van der Waals surface area contributed by atoms with Crippen LogP contribution in [-0.4, -0.2) is 9.55 Å². The van der Waals surface area contributed by atoms with Gasteiger partial charge in [0.25, 0.3) is 0 Å². The molecular formula is C15H20Cl2N2. The summed E-state index contributed by atoms with van der Waals surface area (Å²) in [6.45, 7) is 7.37. The van der Waals surface area contributed by atoms with Crippen molar-refractivity contribution in [1.29, 1.82) is 0 Å². The highest BCUT2D eigenvalue weighted by atomic mass is 35.5.